The lowest BCUT2D eigenvalue weighted by Gasteiger charge is -2.23. The second kappa shape index (κ2) is 5.46. The van der Waals surface area contributed by atoms with Gasteiger partial charge in [0.05, 0.1) is 11.4 Å². The van der Waals surface area contributed by atoms with Gasteiger partial charge in [0.15, 0.2) is 0 Å². The second-order valence-corrected chi connectivity index (χ2v) is 6.12. The van der Waals surface area contributed by atoms with Gasteiger partial charge in [0, 0.05) is 17.5 Å². The molecule has 2 aliphatic rings. The van der Waals surface area contributed by atoms with E-state index in [4.69, 9.17) is 5.10 Å². The van der Waals surface area contributed by atoms with Gasteiger partial charge in [-0.2, -0.15) is 5.10 Å². The van der Waals surface area contributed by atoms with Crippen molar-refractivity contribution in [2.24, 2.45) is 0 Å². The molecule has 1 saturated carbocycles. The Morgan fingerprint density at radius 3 is 2.57 bits per heavy atom. The third kappa shape index (κ3) is 2.49. The van der Waals surface area contributed by atoms with Gasteiger partial charge in [-0.25, -0.2) is 4.52 Å². The topological polar surface area (TPSA) is 62.2 Å². The van der Waals surface area contributed by atoms with E-state index in [1.807, 2.05) is 4.52 Å². The van der Waals surface area contributed by atoms with Crippen LogP contribution >= 0.6 is 12.4 Å². The van der Waals surface area contributed by atoms with Crippen molar-refractivity contribution in [3.63, 3.8) is 0 Å². The van der Waals surface area contributed by atoms with Crippen LogP contribution in [0.1, 0.15) is 54.5 Å². The summed E-state index contributed by atoms with van der Waals surface area (Å²) in [6, 6.07) is 1.74. The number of aromatic amines is 1. The molecule has 0 amide bonds. The van der Waals surface area contributed by atoms with Crippen LogP contribution in [0.2, 0.25) is 0 Å². The van der Waals surface area contributed by atoms with Crippen molar-refractivity contribution in [3.8, 4) is 0 Å². The normalized spacial score (nSPS) is 19.7. The van der Waals surface area contributed by atoms with E-state index in [-0.39, 0.29) is 18.0 Å². The fourth-order valence-corrected chi connectivity index (χ4v) is 3.46. The Morgan fingerprint density at radius 2 is 1.90 bits per heavy atom. The summed E-state index contributed by atoms with van der Waals surface area (Å²) in [5.41, 5.74) is 4.36. The first-order valence-electron chi connectivity index (χ1n) is 7.57. The van der Waals surface area contributed by atoms with E-state index in [0.29, 0.717) is 11.8 Å². The summed E-state index contributed by atoms with van der Waals surface area (Å²) < 4.78 is 2.00. The first-order chi connectivity index (χ1) is 9.74. The lowest BCUT2D eigenvalue weighted by Crippen LogP contribution is -2.28. The zero-order valence-corrected chi connectivity index (χ0v) is 13.0. The molecule has 0 spiro atoms. The summed E-state index contributed by atoms with van der Waals surface area (Å²) in [7, 11) is 0. The van der Waals surface area contributed by atoms with Gasteiger partial charge < -0.3 is 10.3 Å². The minimum atomic E-state index is 0. The lowest BCUT2D eigenvalue weighted by molar-refractivity contribution is 0.446. The number of H-pyrrole nitrogens is 1. The van der Waals surface area contributed by atoms with E-state index in [9.17, 15) is 4.79 Å². The zero-order valence-electron chi connectivity index (χ0n) is 12.2. The van der Waals surface area contributed by atoms with Gasteiger partial charge >= 0.3 is 0 Å². The quantitative estimate of drug-likeness (QED) is 0.893. The predicted octanol–water partition coefficient (Wildman–Crippen LogP) is 2.10. The van der Waals surface area contributed by atoms with E-state index >= 15 is 0 Å². The fraction of sp³-hybridized carbons (Fsp3) is 0.600. The first-order valence-corrected chi connectivity index (χ1v) is 7.57. The molecule has 0 radical (unpaired) electrons. The number of aryl methyl sites for hydroxylation is 1. The van der Waals surface area contributed by atoms with Crippen LogP contribution in [-0.4, -0.2) is 27.7 Å². The largest absolute Gasteiger partial charge is 0.317 e. The molecule has 2 aromatic rings. The van der Waals surface area contributed by atoms with E-state index in [2.05, 4.69) is 17.2 Å². The lowest BCUT2D eigenvalue weighted by atomic mass is 9.94. The molecule has 2 fully saturated rings. The van der Waals surface area contributed by atoms with Crippen molar-refractivity contribution in [2.45, 2.75) is 44.4 Å². The summed E-state index contributed by atoms with van der Waals surface area (Å²) in [5.74, 6) is 1.04. The molecule has 1 aliphatic heterocycles. The van der Waals surface area contributed by atoms with Gasteiger partial charge in [-0.05, 0) is 51.6 Å². The van der Waals surface area contributed by atoms with Crippen LogP contribution in [0, 0.1) is 6.92 Å². The van der Waals surface area contributed by atoms with Crippen LogP contribution in [0.3, 0.4) is 0 Å². The maximum Gasteiger partial charge on any atom is 0.251 e. The molecule has 0 unspecified atom stereocenters. The third-order valence-electron chi connectivity index (χ3n) is 4.61. The third-order valence-corrected chi connectivity index (χ3v) is 4.61. The van der Waals surface area contributed by atoms with E-state index < -0.39 is 0 Å². The highest BCUT2D eigenvalue weighted by atomic mass is 35.5. The molecular formula is C15H21ClN4O. The summed E-state index contributed by atoms with van der Waals surface area (Å²) in [4.78, 5) is 15.0. The molecule has 1 aliphatic carbocycles. The molecule has 4 rings (SSSR count). The number of halogens is 1. The van der Waals surface area contributed by atoms with Crippen LogP contribution in [-0.2, 0) is 0 Å². The number of nitrogens with one attached hydrogen (secondary N) is 2. The zero-order chi connectivity index (χ0) is 13.7. The average molecular weight is 309 g/mol. The molecule has 0 atom stereocenters. The minimum absolute atomic E-state index is 0. The summed E-state index contributed by atoms with van der Waals surface area (Å²) >= 11 is 0. The number of nitrogens with zero attached hydrogens (tertiary/aromatic N) is 2. The smallest absolute Gasteiger partial charge is 0.251 e. The van der Waals surface area contributed by atoms with Crippen LogP contribution in [0.15, 0.2) is 10.9 Å². The van der Waals surface area contributed by atoms with Gasteiger partial charge in [0.25, 0.3) is 5.56 Å². The van der Waals surface area contributed by atoms with Gasteiger partial charge in [-0.3, -0.25) is 4.79 Å². The molecule has 2 aromatic heterocycles. The predicted molar refractivity (Wildman–Crippen MR) is 84.6 cm³/mol. The highest BCUT2D eigenvalue weighted by molar-refractivity contribution is 5.85. The molecule has 6 heteroatoms. The summed E-state index contributed by atoms with van der Waals surface area (Å²) in [6.07, 6.45) is 4.61. The Kier molecular flexibility index (Phi) is 3.80. The van der Waals surface area contributed by atoms with Gasteiger partial charge in [-0.1, -0.05) is 0 Å². The maximum absolute atomic E-state index is 12.0. The van der Waals surface area contributed by atoms with Crippen LogP contribution in [0.5, 0.6) is 0 Å². The summed E-state index contributed by atoms with van der Waals surface area (Å²) in [5, 5.41) is 8.09. The Balaban J connectivity index is 0.00000132. The van der Waals surface area contributed by atoms with Crippen molar-refractivity contribution >= 4 is 18.1 Å². The SMILES string of the molecule is Cc1nn2c(C3CCNCC3)cc(=O)[nH]c2c1C1CC1.Cl. The monoisotopic (exact) mass is 308 g/mol. The number of hydrogen-bond acceptors (Lipinski definition) is 3. The number of piperidine rings is 1. The number of rotatable bonds is 2. The first kappa shape index (κ1) is 14.6. The molecule has 2 N–H and O–H groups in total. The van der Waals surface area contributed by atoms with Crippen molar-refractivity contribution in [1.82, 2.24) is 19.9 Å². The molecule has 21 heavy (non-hydrogen) atoms. The molecule has 0 bridgehead atoms. The van der Waals surface area contributed by atoms with Crippen LogP contribution in [0.4, 0.5) is 0 Å². The minimum Gasteiger partial charge on any atom is -0.317 e. The van der Waals surface area contributed by atoms with Crippen molar-refractivity contribution in [1.29, 1.82) is 0 Å². The molecule has 5 nitrogen and oxygen atoms in total. The van der Waals surface area contributed by atoms with E-state index in [1.165, 1.54) is 18.4 Å². The number of fused-ring (bicyclic) bond motifs is 1. The van der Waals surface area contributed by atoms with Gasteiger partial charge in [0.2, 0.25) is 0 Å². The van der Waals surface area contributed by atoms with E-state index in [1.54, 1.807) is 6.07 Å². The number of aromatic nitrogens is 3. The fourth-order valence-electron chi connectivity index (χ4n) is 3.46. The Bertz CT molecular complexity index is 710. The molecule has 3 heterocycles. The van der Waals surface area contributed by atoms with E-state index in [0.717, 1.165) is 43.0 Å². The highest BCUT2D eigenvalue weighted by Gasteiger charge is 2.31. The van der Waals surface area contributed by atoms with Crippen LogP contribution < -0.4 is 10.9 Å². The highest BCUT2D eigenvalue weighted by Crippen LogP contribution is 2.43. The molecule has 0 aromatic carbocycles. The summed E-state index contributed by atoms with van der Waals surface area (Å²) in [6.45, 7) is 4.11. The maximum atomic E-state index is 12.0. The standard InChI is InChI=1S/C15H20N4O.ClH/c1-9-14(11-2-3-11)15-17-13(20)8-12(19(15)18-9)10-4-6-16-7-5-10;/h8,10-11,16H,2-7H2,1H3,(H,17,20);1H. The average Bonchev–Trinajstić information content (AvgIpc) is 3.22. The number of hydrogen-bond donors (Lipinski definition) is 2. The molecule has 1 saturated heterocycles. The Morgan fingerprint density at radius 1 is 1.19 bits per heavy atom. The Labute approximate surface area is 129 Å². The van der Waals surface area contributed by atoms with Crippen molar-refractivity contribution in [3.05, 3.63) is 33.4 Å². The van der Waals surface area contributed by atoms with Crippen LogP contribution in [0.25, 0.3) is 5.65 Å². The van der Waals surface area contributed by atoms with Gasteiger partial charge in [-0.15, -0.1) is 12.4 Å². The van der Waals surface area contributed by atoms with Crippen molar-refractivity contribution < 1.29 is 0 Å². The van der Waals surface area contributed by atoms with Crippen molar-refractivity contribution in [2.75, 3.05) is 13.1 Å². The Hall–Kier alpha value is -1.33. The van der Waals surface area contributed by atoms with Gasteiger partial charge in [0.1, 0.15) is 5.65 Å². The second-order valence-electron chi connectivity index (χ2n) is 6.12. The molecule has 114 valence electrons. The molecular weight excluding hydrogens is 288 g/mol.